The first-order valence-corrected chi connectivity index (χ1v) is 6.78. The molecule has 1 saturated carbocycles. The summed E-state index contributed by atoms with van der Waals surface area (Å²) in [7, 11) is 1.77. The topological polar surface area (TPSA) is 38.5 Å². The maximum Gasteiger partial charge on any atom is 0.0630 e. The minimum Gasteiger partial charge on any atom is -0.383 e. The van der Waals surface area contributed by atoms with E-state index in [0.717, 1.165) is 25.0 Å². The van der Waals surface area contributed by atoms with Gasteiger partial charge in [0.25, 0.3) is 0 Å². The number of ether oxygens (including phenoxy) is 1. The van der Waals surface area contributed by atoms with Crippen LogP contribution in [0, 0.1) is 11.8 Å². The molecule has 0 aromatic carbocycles. The highest BCUT2D eigenvalue weighted by Gasteiger charge is 2.33. The molecular weight excluding hydrogens is 200 g/mol. The van der Waals surface area contributed by atoms with Crippen LogP contribution in [-0.2, 0) is 4.74 Å². The van der Waals surface area contributed by atoms with Gasteiger partial charge in [-0.1, -0.05) is 19.3 Å². The van der Waals surface area contributed by atoms with Crippen LogP contribution in [0.5, 0.6) is 0 Å². The molecule has 2 fully saturated rings. The summed E-state index contributed by atoms with van der Waals surface area (Å²) in [6.07, 6.45) is 7.18. The summed E-state index contributed by atoms with van der Waals surface area (Å²) in [5, 5.41) is 0. The molecule has 0 amide bonds. The number of hydrogen-bond donors (Lipinski definition) is 1. The third kappa shape index (κ3) is 2.76. The second-order valence-corrected chi connectivity index (χ2v) is 5.43. The van der Waals surface area contributed by atoms with Gasteiger partial charge in [0.15, 0.2) is 0 Å². The highest BCUT2D eigenvalue weighted by molar-refractivity contribution is 4.86. The van der Waals surface area contributed by atoms with E-state index in [-0.39, 0.29) is 0 Å². The fourth-order valence-corrected chi connectivity index (χ4v) is 3.48. The summed E-state index contributed by atoms with van der Waals surface area (Å²) < 4.78 is 5.26. The molecule has 94 valence electrons. The fourth-order valence-electron chi connectivity index (χ4n) is 3.48. The van der Waals surface area contributed by atoms with Gasteiger partial charge in [-0.3, -0.25) is 4.90 Å². The number of likely N-dealkylation sites (tertiary alicyclic amines) is 1. The van der Waals surface area contributed by atoms with Gasteiger partial charge >= 0.3 is 0 Å². The average molecular weight is 226 g/mol. The molecule has 1 aliphatic heterocycles. The van der Waals surface area contributed by atoms with Gasteiger partial charge in [-0.2, -0.15) is 0 Å². The smallest absolute Gasteiger partial charge is 0.0630 e. The van der Waals surface area contributed by atoms with Crippen molar-refractivity contribution in [3.63, 3.8) is 0 Å². The standard InChI is InChI=1S/C13H26N2O/c1-16-10-13(8-14)15-7-6-11-4-2-3-5-12(11)9-15/h11-13H,2-10,14H2,1H3. The molecule has 3 atom stereocenters. The lowest BCUT2D eigenvalue weighted by molar-refractivity contribution is 0.0275. The molecule has 3 heteroatoms. The van der Waals surface area contributed by atoms with Crippen molar-refractivity contribution in [2.45, 2.75) is 38.1 Å². The fraction of sp³-hybridized carbons (Fsp3) is 1.00. The zero-order valence-corrected chi connectivity index (χ0v) is 10.5. The first-order chi connectivity index (χ1) is 7.85. The van der Waals surface area contributed by atoms with Crippen LogP contribution in [0.3, 0.4) is 0 Å². The normalized spacial score (nSPS) is 33.4. The van der Waals surface area contributed by atoms with E-state index in [9.17, 15) is 0 Å². The van der Waals surface area contributed by atoms with Gasteiger partial charge in [-0.15, -0.1) is 0 Å². The molecular formula is C13H26N2O. The van der Waals surface area contributed by atoms with Crippen molar-refractivity contribution in [1.82, 2.24) is 4.90 Å². The lowest BCUT2D eigenvalue weighted by Gasteiger charge is -2.44. The first kappa shape index (κ1) is 12.3. The van der Waals surface area contributed by atoms with Crippen LogP contribution in [0.1, 0.15) is 32.1 Å². The van der Waals surface area contributed by atoms with Crippen LogP contribution in [0.4, 0.5) is 0 Å². The lowest BCUT2D eigenvalue weighted by atomic mass is 9.75. The largest absolute Gasteiger partial charge is 0.383 e. The number of nitrogens with two attached hydrogens (primary N) is 1. The van der Waals surface area contributed by atoms with Crippen LogP contribution in [0.2, 0.25) is 0 Å². The Hall–Kier alpha value is -0.120. The third-order valence-corrected chi connectivity index (χ3v) is 4.47. The van der Waals surface area contributed by atoms with E-state index in [1.165, 1.54) is 45.2 Å². The summed E-state index contributed by atoms with van der Waals surface area (Å²) in [5.41, 5.74) is 5.84. The maximum absolute atomic E-state index is 5.84. The minimum atomic E-state index is 0.438. The maximum atomic E-state index is 5.84. The first-order valence-electron chi connectivity index (χ1n) is 6.78. The highest BCUT2D eigenvalue weighted by Crippen LogP contribution is 2.36. The Morgan fingerprint density at radius 2 is 2.00 bits per heavy atom. The van der Waals surface area contributed by atoms with Crippen LogP contribution < -0.4 is 5.73 Å². The Kier molecular flexibility index (Phi) is 4.62. The van der Waals surface area contributed by atoms with Crippen LogP contribution in [0.15, 0.2) is 0 Å². The molecule has 0 aromatic heterocycles. The molecule has 1 heterocycles. The number of nitrogens with zero attached hydrogens (tertiary/aromatic N) is 1. The molecule has 1 aliphatic carbocycles. The van der Waals surface area contributed by atoms with E-state index >= 15 is 0 Å². The molecule has 3 unspecified atom stereocenters. The van der Waals surface area contributed by atoms with Crippen molar-refractivity contribution in [1.29, 1.82) is 0 Å². The SMILES string of the molecule is COCC(CN)N1CCC2CCCCC2C1. The summed E-state index contributed by atoms with van der Waals surface area (Å²) in [4.78, 5) is 2.57. The van der Waals surface area contributed by atoms with E-state index < -0.39 is 0 Å². The summed E-state index contributed by atoms with van der Waals surface area (Å²) in [6, 6.07) is 0.438. The Morgan fingerprint density at radius 1 is 1.25 bits per heavy atom. The van der Waals surface area contributed by atoms with Crippen LogP contribution >= 0.6 is 0 Å². The number of rotatable bonds is 4. The predicted molar refractivity (Wildman–Crippen MR) is 66.4 cm³/mol. The number of methoxy groups -OCH3 is 1. The van der Waals surface area contributed by atoms with E-state index in [0.29, 0.717) is 6.04 Å². The summed E-state index contributed by atoms with van der Waals surface area (Å²) in [5.74, 6) is 1.94. The van der Waals surface area contributed by atoms with Crippen LogP contribution in [-0.4, -0.2) is 44.3 Å². The average Bonchev–Trinajstić information content (AvgIpc) is 2.35. The molecule has 16 heavy (non-hydrogen) atoms. The Labute approximate surface area is 99.3 Å². The Bertz CT molecular complexity index is 210. The van der Waals surface area contributed by atoms with E-state index in [1.807, 2.05) is 0 Å². The molecule has 2 N–H and O–H groups in total. The molecule has 0 spiro atoms. The van der Waals surface area contributed by atoms with E-state index in [4.69, 9.17) is 10.5 Å². The quantitative estimate of drug-likeness (QED) is 0.789. The molecule has 0 bridgehead atoms. The zero-order chi connectivity index (χ0) is 11.4. The minimum absolute atomic E-state index is 0.438. The van der Waals surface area contributed by atoms with E-state index in [2.05, 4.69) is 4.90 Å². The van der Waals surface area contributed by atoms with Crippen molar-refractivity contribution in [2.24, 2.45) is 17.6 Å². The Balaban J connectivity index is 1.88. The molecule has 3 nitrogen and oxygen atoms in total. The summed E-state index contributed by atoms with van der Waals surface area (Å²) in [6.45, 7) is 4.00. The highest BCUT2D eigenvalue weighted by atomic mass is 16.5. The molecule has 1 saturated heterocycles. The third-order valence-electron chi connectivity index (χ3n) is 4.47. The van der Waals surface area contributed by atoms with Gasteiger partial charge in [0.05, 0.1) is 6.61 Å². The van der Waals surface area contributed by atoms with Crippen LogP contribution in [0.25, 0.3) is 0 Å². The van der Waals surface area contributed by atoms with Gasteiger partial charge in [-0.05, 0) is 31.2 Å². The second kappa shape index (κ2) is 5.99. The van der Waals surface area contributed by atoms with E-state index in [1.54, 1.807) is 7.11 Å². The van der Waals surface area contributed by atoms with Crippen molar-refractivity contribution in [3.05, 3.63) is 0 Å². The summed E-state index contributed by atoms with van der Waals surface area (Å²) >= 11 is 0. The number of piperidine rings is 1. The monoisotopic (exact) mass is 226 g/mol. The van der Waals surface area contributed by atoms with Crippen molar-refractivity contribution in [2.75, 3.05) is 33.4 Å². The number of fused-ring (bicyclic) bond motifs is 1. The van der Waals surface area contributed by atoms with Gasteiger partial charge in [-0.25, -0.2) is 0 Å². The van der Waals surface area contributed by atoms with Gasteiger partial charge in [0, 0.05) is 26.2 Å². The van der Waals surface area contributed by atoms with Crippen molar-refractivity contribution >= 4 is 0 Å². The molecule has 0 aromatic rings. The molecule has 0 radical (unpaired) electrons. The molecule has 2 aliphatic rings. The predicted octanol–water partition coefficient (Wildman–Crippen LogP) is 1.47. The van der Waals surface area contributed by atoms with Crippen molar-refractivity contribution < 1.29 is 4.74 Å². The second-order valence-electron chi connectivity index (χ2n) is 5.43. The van der Waals surface area contributed by atoms with Crippen molar-refractivity contribution in [3.8, 4) is 0 Å². The Morgan fingerprint density at radius 3 is 2.69 bits per heavy atom. The number of hydrogen-bond acceptors (Lipinski definition) is 3. The zero-order valence-electron chi connectivity index (χ0n) is 10.5. The van der Waals surface area contributed by atoms with Gasteiger partial charge < -0.3 is 10.5 Å². The van der Waals surface area contributed by atoms with Gasteiger partial charge in [0.1, 0.15) is 0 Å². The lowest BCUT2D eigenvalue weighted by Crippen LogP contribution is -2.51. The van der Waals surface area contributed by atoms with Gasteiger partial charge in [0.2, 0.25) is 0 Å². The molecule has 2 rings (SSSR count).